The standard InChI is InChI=1S/C20H14FNO6/c21-13-3-5-15(6-4-13)25-12-16-7-8-18(27-16)20(23)26-11-14-10-19(28-22-14)17-2-1-9-24-17/h1-10H,11-12H2. The molecule has 142 valence electrons. The van der Waals surface area contributed by atoms with E-state index < -0.39 is 5.97 Å². The number of nitrogens with zero attached hydrogens (tertiary/aromatic N) is 1. The molecule has 0 fully saturated rings. The molecule has 3 aromatic heterocycles. The first-order chi connectivity index (χ1) is 13.7. The Morgan fingerprint density at radius 2 is 1.89 bits per heavy atom. The molecule has 0 aliphatic heterocycles. The van der Waals surface area contributed by atoms with Crippen LogP contribution in [0, 0.1) is 5.82 Å². The molecule has 4 rings (SSSR count). The lowest BCUT2D eigenvalue weighted by atomic mass is 10.3. The molecular weight excluding hydrogens is 369 g/mol. The van der Waals surface area contributed by atoms with Crippen molar-refractivity contribution in [2.45, 2.75) is 13.2 Å². The number of aromatic nitrogens is 1. The highest BCUT2D eigenvalue weighted by atomic mass is 19.1. The van der Waals surface area contributed by atoms with E-state index in [1.807, 2.05) is 0 Å². The molecule has 0 saturated carbocycles. The summed E-state index contributed by atoms with van der Waals surface area (Å²) in [4.78, 5) is 12.1. The highest BCUT2D eigenvalue weighted by molar-refractivity contribution is 5.86. The monoisotopic (exact) mass is 383 g/mol. The molecule has 1 aromatic carbocycles. The van der Waals surface area contributed by atoms with E-state index in [2.05, 4.69) is 5.16 Å². The second-order valence-corrected chi connectivity index (χ2v) is 5.74. The molecule has 28 heavy (non-hydrogen) atoms. The topological polar surface area (TPSA) is 87.8 Å². The van der Waals surface area contributed by atoms with Gasteiger partial charge in [0.2, 0.25) is 11.5 Å². The van der Waals surface area contributed by atoms with Crippen LogP contribution in [-0.2, 0) is 18.0 Å². The maximum atomic E-state index is 12.9. The molecule has 0 aliphatic carbocycles. The van der Waals surface area contributed by atoms with E-state index >= 15 is 0 Å². The third-order valence-corrected chi connectivity index (χ3v) is 3.73. The van der Waals surface area contributed by atoms with Gasteiger partial charge in [0, 0.05) is 6.07 Å². The van der Waals surface area contributed by atoms with Crippen molar-refractivity contribution < 1.29 is 32.0 Å². The van der Waals surface area contributed by atoms with Crippen molar-refractivity contribution in [1.82, 2.24) is 5.16 Å². The number of furan rings is 2. The Morgan fingerprint density at radius 3 is 2.68 bits per heavy atom. The van der Waals surface area contributed by atoms with Gasteiger partial charge in [-0.15, -0.1) is 0 Å². The maximum absolute atomic E-state index is 12.9. The van der Waals surface area contributed by atoms with Gasteiger partial charge in [-0.2, -0.15) is 0 Å². The Bertz CT molecular complexity index is 1050. The van der Waals surface area contributed by atoms with E-state index in [1.165, 1.54) is 36.6 Å². The zero-order valence-electron chi connectivity index (χ0n) is 14.5. The highest BCUT2D eigenvalue weighted by Gasteiger charge is 2.15. The quantitative estimate of drug-likeness (QED) is 0.431. The molecule has 0 saturated heterocycles. The van der Waals surface area contributed by atoms with Crippen molar-refractivity contribution in [2.75, 3.05) is 0 Å². The summed E-state index contributed by atoms with van der Waals surface area (Å²) in [6.45, 7) is 0.0138. The summed E-state index contributed by atoms with van der Waals surface area (Å²) in [5, 5.41) is 3.82. The maximum Gasteiger partial charge on any atom is 0.374 e. The van der Waals surface area contributed by atoms with Crippen LogP contribution in [0.2, 0.25) is 0 Å². The van der Waals surface area contributed by atoms with E-state index in [0.717, 1.165) is 0 Å². The molecular formula is C20H14FNO6. The molecule has 3 heterocycles. The summed E-state index contributed by atoms with van der Waals surface area (Å²) in [6, 6.07) is 13.8. The number of rotatable bonds is 7. The van der Waals surface area contributed by atoms with Gasteiger partial charge >= 0.3 is 5.97 Å². The molecule has 0 radical (unpaired) electrons. The lowest BCUT2D eigenvalue weighted by Crippen LogP contribution is -2.04. The molecule has 4 aromatic rings. The molecule has 0 bridgehead atoms. The lowest BCUT2D eigenvalue weighted by molar-refractivity contribution is 0.0424. The second-order valence-electron chi connectivity index (χ2n) is 5.74. The number of benzene rings is 1. The molecule has 0 aliphatic rings. The van der Waals surface area contributed by atoms with Crippen LogP contribution in [-0.4, -0.2) is 11.1 Å². The summed E-state index contributed by atoms with van der Waals surface area (Å²) in [7, 11) is 0. The molecule has 0 N–H and O–H groups in total. The highest BCUT2D eigenvalue weighted by Crippen LogP contribution is 2.21. The van der Waals surface area contributed by atoms with E-state index in [-0.39, 0.29) is 24.8 Å². The summed E-state index contributed by atoms with van der Waals surface area (Å²) in [5.41, 5.74) is 0.436. The van der Waals surface area contributed by atoms with Crippen molar-refractivity contribution in [1.29, 1.82) is 0 Å². The second kappa shape index (κ2) is 7.83. The van der Waals surface area contributed by atoms with E-state index in [4.69, 9.17) is 22.8 Å². The third-order valence-electron chi connectivity index (χ3n) is 3.73. The van der Waals surface area contributed by atoms with Crippen LogP contribution in [0.5, 0.6) is 5.75 Å². The van der Waals surface area contributed by atoms with Crippen LogP contribution in [0.25, 0.3) is 11.5 Å². The van der Waals surface area contributed by atoms with Gasteiger partial charge in [0.05, 0.1) is 6.26 Å². The fourth-order valence-electron chi connectivity index (χ4n) is 2.38. The first-order valence-electron chi connectivity index (χ1n) is 8.31. The number of esters is 1. The predicted molar refractivity (Wildman–Crippen MR) is 92.8 cm³/mol. The smallest absolute Gasteiger partial charge is 0.374 e. The normalized spacial score (nSPS) is 10.8. The van der Waals surface area contributed by atoms with E-state index in [0.29, 0.717) is 28.7 Å². The van der Waals surface area contributed by atoms with Crippen LogP contribution >= 0.6 is 0 Å². The lowest BCUT2D eigenvalue weighted by Gasteiger charge is -2.03. The van der Waals surface area contributed by atoms with Gasteiger partial charge in [-0.25, -0.2) is 9.18 Å². The molecule has 0 spiro atoms. The minimum atomic E-state index is -0.643. The molecule has 0 atom stereocenters. The van der Waals surface area contributed by atoms with Crippen LogP contribution < -0.4 is 4.74 Å². The number of hydrogen-bond acceptors (Lipinski definition) is 7. The van der Waals surface area contributed by atoms with E-state index in [1.54, 1.807) is 24.3 Å². The minimum absolute atomic E-state index is 0.0347. The van der Waals surface area contributed by atoms with Crippen LogP contribution in [0.1, 0.15) is 22.0 Å². The molecule has 8 heteroatoms. The van der Waals surface area contributed by atoms with Crippen molar-refractivity contribution in [3.8, 4) is 17.3 Å². The van der Waals surface area contributed by atoms with Gasteiger partial charge < -0.3 is 22.8 Å². The third kappa shape index (κ3) is 4.12. The van der Waals surface area contributed by atoms with Crippen molar-refractivity contribution >= 4 is 5.97 Å². The summed E-state index contributed by atoms with van der Waals surface area (Å²) in [5.74, 6) is 0.927. The zero-order valence-corrected chi connectivity index (χ0v) is 14.5. The fraction of sp³-hybridized carbons (Fsp3) is 0.100. The summed E-state index contributed by atoms with van der Waals surface area (Å²) in [6.07, 6.45) is 1.52. The van der Waals surface area contributed by atoms with Gasteiger partial charge in [0.1, 0.15) is 36.2 Å². The SMILES string of the molecule is O=C(OCc1cc(-c2ccco2)on1)c1ccc(COc2ccc(F)cc2)o1. The Kier molecular flexibility index (Phi) is 4.92. The van der Waals surface area contributed by atoms with Gasteiger partial charge in [0.25, 0.3) is 0 Å². The predicted octanol–water partition coefficient (Wildman–Crippen LogP) is 4.60. The number of hydrogen-bond donors (Lipinski definition) is 0. The fourth-order valence-corrected chi connectivity index (χ4v) is 2.38. The summed E-state index contributed by atoms with van der Waals surface area (Å²) < 4.78 is 39.2. The van der Waals surface area contributed by atoms with Gasteiger partial charge in [-0.1, -0.05) is 5.16 Å². The average molecular weight is 383 g/mol. The first kappa shape index (κ1) is 17.6. The van der Waals surface area contributed by atoms with Gasteiger partial charge in [0.15, 0.2) is 5.76 Å². The van der Waals surface area contributed by atoms with E-state index in [9.17, 15) is 9.18 Å². The average Bonchev–Trinajstić information content (AvgIpc) is 3.47. The van der Waals surface area contributed by atoms with Crippen LogP contribution in [0.4, 0.5) is 4.39 Å². The minimum Gasteiger partial charge on any atom is -0.486 e. The summed E-state index contributed by atoms with van der Waals surface area (Å²) >= 11 is 0. The number of carbonyl (C=O) groups is 1. The Morgan fingerprint density at radius 1 is 1.04 bits per heavy atom. The molecule has 7 nitrogen and oxygen atoms in total. The number of halogens is 1. The Labute approximate surface area is 158 Å². The van der Waals surface area contributed by atoms with Crippen molar-refractivity contribution in [3.63, 3.8) is 0 Å². The van der Waals surface area contributed by atoms with Crippen molar-refractivity contribution in [3.05, 3.63) is 83.9 Å². The molecule has 0 unspecified atom stereocenters. The Hall–Kier alpha value is -3.81. The zero-order chi connectivity index (χ0) is 19.3. The van der Waals surface area contributed by atoms with Gasteiger partial charge in [-0.3, -0.25) is 0 Å². The number of carbonyl (C=O) groups excluding carboxylic acids is 1. The van der Waals surface area contributed by atoms with Gasteiger partial charge in [-0.05, 0) is 48.5 Å². The Balaban J connectivity index is 1.30. The number of ether oxygens (including phenoxy) is 2. The van der Waals surface area contributed by atoms with Crippen LogP contribution in [0.3, 0.4) is 0 Å². The van der Waals surface area contributed by atoms with Crippen molar-refractivity contribution in [2.24, 2.45) is 0 Å². The van der Waals surface area contributed by atoms with Crippen LogP contribution in [0.15, 0.2) is 74.2 Å². The first-order valence-corrected chi connectivity index (χ1v) is 8.31. The largest absolute Gasteiger partial charge is 0.486 e. The molecule has 0 amide bonds.